The molecule has 0 aromatic heterocycles. The van der Waals surface area contributed by atoms with Gasteiger partial charge in [-0.15, -0.1) is 0 Å². The van der Waals surface area contributed by atoms with Gasteiger partial charge in [0.2, 0.25) is 15.9 Å². The Kier molecular flexibility index (Phi) is 6.32. The molecular formula is C21H26N2O5S. The summed E-state index contributed by atoms with van der Waals surface area (Å²) >= 11 is 0. The number of methoxy groups -OCH3 is 2. The van der Waals surface area contributed by atoms with Gasteiger partial charge in [-0.2, -0.15) is 0 Å². The Hall–Kier alpha value is -2.74. The van der Waals surface area contributed by atoms with Gasteiger partial charge in [0.05, 0.1) is 32.2 Å². The van der Waals surface area contributed by atoms with Crippen molar-refractivity contribution < 1.29 is 22.7 Å². The number of nitrogens with one attached hydrogen (secondary N) is 1. The van der Waals surface area contributed by atoms with Crippen molar-refractivity contribution in [2.45, 2.75) is 25.3 Å². The second-order valence-corrected chi connectivity index (χ2v) is 8.93. The molecule has 1 aliphatic carbocycles. The monoisotopic (exact) mass is 418 g/mol. The van der Waals surface area contributed by atoms with Crippen molar-refractivity contribution in [2.75, 3.05) is 31.3 Å². The van der Waals surface area contributed by atoms with Crippen LogP contribution in [-0.2, 0) is 21.2 Å². The molecule has 156 valence electrons. The van der Waals surface area contributed by atoms with E-state index >= 15 is 0 Å². The van der Waals surface area contributed by atoms with Crippen LogP contribution >= 0.6 is 0 Å². The Morgan fingerprint density at radius 1 is 1.14 bits per heavy atom. The van der Waals surface area contributed by atoms with Gasteiger partial charge in [-0.1, -0.05) is 24.3 Å². The predicted molar refractivity (Wildman–Crippen MR) is 112 cm³/mol. The average Bonchev–Trinajstić information content (AvgIpc) is 2.71. The van der Waals surface area contributed by atoms with Crippen LogP contribution in [0, 0.1) is 0 Å². The first kappa shape index (κ1) is 21.0. The van der Waals surface area contributed by atoms with Crippen molar-refractivity contribution in [2.24, 2.45) is 0 Å². The van der Waals surface area contributed by atoms with Gasteiger partial charge in [0.15, 0.2) is 11.5 Å². The van der Waals surface area contributed by atoms with E-state index in [2.05, 4.69) is 11.4 Å². The Morgan fingerprint density at radius 2 is 1.86 bits per heavy atom. The summed E-state index contributed by atoms with van der Waals surface area (Å²) in [6.07, 6.45) is 3.88. The molecule has 7 nitrogen and oxygen atoms in total. The maximum absolute atomic E-state index is 12.8. The van der Waals surface area contributed by atoms with Gasteiger partial charge in [-0.3, -0.25) is 9.10 Å². The largest absolute Gasteiger partial charge is 0.493 e. The summed E-state index contributed by atoms with van der Waals surface area (Å²) in [7, 11) is -0.710. The SMILES string of the molecule is COc1ccc(N(CC(=O)NC2CCCc3ccccc32)S(C)(=O)=O)cc1OC. The normalized spacial score (nSPS) is 15.9. The number of hydrogen-bond acceptors (Lipinski definition) is 5. The molecule has 0 spiro atoms. The van der Waals surface area contributed by atoms with Gasteiger partial charge in [-0.05, 0) is 42.5 Å². The summed E-state index contributed by atoms with van der Waals surface area (Å²) in [6, 6.07) is 12.7. The fourth-order valence-electron chi connectivity index (χ4n) is 3.65. The zero-order valence-electron chi connectivity index (χ0n) is 16.8. The lowest BCUT2D eigenvalue weighted by Gasteiger charge is -2.28. The number of benzene rings is 2. The highest BCUT2D eigenvalue weighted by Gasteiger charge is 2.26. The third-order valence-electron chi connectivity index (χ3n) is 5.05. The summed E-state index contributed by atoms with van der Waals surface area (Å²) in [5.74, 6) is 0.514. The Morgan fingerprint density at radius 3 is 2.55 bits per heavy atom. The van der Waals surface area contributed by atoms with Crippen LogP contribution in [0.1, 0.15) is 30.0 Å². The first-order chi connectivity index (χ1) is 13.8. The van der Waals surface area contributed by atoms with E-state index in [9.17, 15) is 13.2 Å². The molecule has 0 radical (unpaired) electrons. The number of carbonyl (C=O) groups is 1. The van der Waals surface area contributed by atoms with Crippen molar-refractivity contribution >= 4 is 21.6 Å². The molecule has 2 aromatic rings. The predicted octanol–water partition coefficient (Wildman–Crippen LogP) is 2.66. The number of nitrogens with zero attached hydrogens (tertiary/aromatic N) is 1. The molecule has 0 aliphatic heterocycles. The standard InChI is InChI=1S/C21H26N2O5S/c1-27-19-12-11-16(13-20(19)28-2)23(29(3,25)26)14-21(24)22-18-10-6-8-15-7-4-5-9-17(15)18/h4-5,7,9,11-13,18H,6,8,10,14H2,1-3H3,(H,22,24). The lowest BCUT2D eigenvalue weighted by Crippen LogP contribution is -2.42. The van der Waals surface area contributed by atoms with E-state index in [1.54, 1.807) is 18.2 Å². The number of amides is 1. The fraction of sp³-hybridized carbons (Fsp3) is 0.381. The summed E-state index contributed by atoms with van der Waals surface area (Å²) in [5.41, 5.74) is 2.66. The molecule has 1 aliphatic rings. The third kappa shape index (κ3) is 4.82. The number of sulfonamides is 1. The molecule has 1 atom stereocenters. The number of rotatable bonds is 7. The number of fused-ring (bicyclic) bond motifs is 1. The smallest absolute Gasteiger partial charge is 0.241 e. The molecule has 0 fully saturated rings. The number of aryl methyl sites for hydroxylation is 1. The minimum Gasteiger partial charge on any atom is -0.493 e. The highest BCUT2D eigenvalue weighted by molar-refractivity contribution is 7.92. The molecule has 0 bridgehead atoms. The van der Waals surface area contributed by atoms with Crippen molar-refractivity contribution in [3.63, 3.8) is 0 Å². The summed E-state index contributed by atoms with van der Waals surface area (Å²) < 4.78 is 36.3. The van der Waals surface area contributed by atoms with Crippen molar-refractivity contribution in [1.29, 1.82) is 0 Å². The molecule has 29 heavy (non-hydrogen) atoms. The Bertz CT molecular complexity index is 990. The van der Waals surface area contributed by atoms with E-state index in [-0.39, 0.29) is 18.5 Å². The van der Waals surface area contributed by atoms with Gasteiger partial charge >= 0.3 is 0 Å². The van der Waals surface area contributed by atoms with Gasteiger partial charge in [0.25, 0.3) is 0 Å². The quantitative estimate of drug-likeness (QED) is 0.747. The maximum Gasteiger partial charge on any atom is 0.241 e. The average molecular weight is 419 g/mol. The molecule has 3 rings (SSSR count). The van der Waals surface area contributed by atoms with Crippen LogP contribution < -0.4 is 19.1 Å². The van der Waals surface area contributed by atoms with E-state index in [1.165, 1.54) is 19.8 Å². The second-order valence-electron chi connectivity index (χ2n) is 7.02. The van der Waals surface area contributed by atoms with Gasteiger partial charge in [0.1, 0.15) is 6.54 Å². The van der Waals surface area contributed by atoms with E-state index < -0.39 is 10.0 Å². The highest BCUT2D eigenvalue weighted by Crippen LogP contribution is 2.33. The number of carbonyl (C=O) groups excluding carboxylic acids is 1. The topological polar surface area (TPSA) is 84.9 Å². The fourth-order valence-corrected chi connectivity index (χ4v) is 4.50. The second kappa shape index (κ2) is 8.73. The van der Waals surface area contributed by atoms with Crippen LogP contribution in [0.15, 0.2) is 42.5 Å². The Balaban J connectivity index is 1.81. The minimum atomic E-state index is -3.68. The zero-order chi connectivity index (χ0) is 21.0. The zero-order valence-corrected chi connectivity index (χ0v) is 17.7. The van der Waals surface area contributed by atoms with Crippen LogP contribution in [0.25, 0.3) is 0 Å². The number of anilines is 1. The van der Waals surface area contributed by atoms with Crippen molar-refractivity contribution in [1.82, 2.24) is 5.32 Å². The van der Waals surface area contributed by atoms with E-state index in [0.717, 1.165) is 35.4 Å². The summed E-state index contributed by atoms with van der Waals surface area (Å²) in [6.45, 7) is -0.313. The molecule has 1 N–H and O–H groups in total. The molecule has 0 heterocycles. The first-order valence-corrected chi connectivity index (χ1v) is 11.2. The highest BCUT2D eigenvalue weighted by atomic mass is 32.2. The lowest BCUT2D eigenvalue weighted by atomic mass is 9.88. The maximum atomic E-state index is 12.8. The van der Waals surface area contributed by atoms with Gasteiger partial charge in [0, 0.05) is 6.07 Å². The van der Waals surface area contributed by atoms with E-state index in [1.807, 2.05) is 18.2 Å². The molecule has 1 amide bonds. The summed E-state index contributed by atoms with van der Waals surface area (Å²) in [5, 5.41) is 3.00. The van der Waals surface area contributed by atoms with Crippen LogP contribution in [0.4, 0.5) is 5.69 Å². The Labute approximate surface area is 171 Å². The summed E-state index contributed by atoms with van der Waals surface area (Å²) in [4.78, 5) is 12.8. The lowest BCUT2D eigenvalue weighted by molar-refractivity contribution is -0.120. The van der Waals surface area contributed by atoms with Crippen LogP contribution in [0.3, 0.4) is 0 Å². The van der Waals surface area contributed by atoms with E-state index in [0.29, 0.717) is 17.2 Å². The first-order valence-electron chi connectivity index (χ1n) is 9.40. The molecular weight excluding hydrogens is 392 g/mol. The number of hydrogen-bond donors (Lipinski definition) is 1. The number of ether oxygens (including phenoxy) is 2. The molecule has 2 aromatic carbocycles. The van der Waals surface area contributed by atoms with Crippen molar-refractivity contribution in [3.05, 3.63) is 53.6 Å². The third-order valence-corrected chi connectivity index (χ3v) is 6.19. The minimum absolute atomic E-state index is 0.112. The van der Waals surface area contributed by atoms with Crippen LogP contribution in [-0.4, -0.2) is 41.3 Å². The molecule has 1 unspecified atom stereocenters. The van der Waals surface area contributed by atoms with Crippen LogP contribution in [0.2, 0.25) is 0 Å². The molecule has 0 saturated carbocycles. The van der Waals surface area contributed by atoms with Gasteiger partial charge < -0.3 is 14.8 Å². The van der Waals surface area contributed by atoms with Crippen LogP contribution in [0.5, 0.6) is 11.5 Å². The van der Waals surface area contributed by atoms with E-state index in [4.69, 9.17) is 9.47 Å². The van der Waals surface area contributed by atoms with Crippen molar-refractivity contribution in [3.8, 4) is 11.5 Å². The molecule has 0 saturated heterocycles. The molecule has 8 heteroatoms. The van der Waals surface area contributed by atoms with Gasteiger partial charge in [-0.25, -0.2) is 8.42 Å².